The zero-order chi connectivity index (χ0) is 17.9. The maximum absolute atomic E-state index is 11.8. The molecular weight excluding hydrogens is 334 g/mol. The summed E-state index contributed by atoms with van der Waals surface area (Å²) in [5.74, 6) is 2.94. The van der Waals surface area contributed by atoms with Gasteiger partial charge in [-0.2, -0.15) is 0 Å². The van der Waals surface area contributed by atoms with Crippen LogP contribution < -0.4 is 14.8 Å². The highest BCUT2D eigenvalue weighted by Gasteiger charge is 2.03. The molecular formula is C20H25NO3S. The number of hydrogen-bond acceptors (Lipinski definition) is 4. The monoisotopic (exact) mass is 359 g/mol. The van der Waals surface area contributed by atoms with Gasteiger partial charge in [0, 0.05) is 5.75 Å². The summed E-state index contributed by atoms with van der Waals surface area (Å²) >= 11 is 1.62. The summed E-state index contributed by atoms with van der Waals surface area (Å²) in [6.07, 6.45) is 0. The lowest BCUT2D eigenvalue weighted by molar-refractivity contribution is -0.118. The predicted octanol–water partition coefficient (Wildman–Crippen LogP) is 3.82. The van der Waals surface area contributed by atoms with Crippen LogP contribution in [0.5, 0.6) is 11.5 Å². The van der Waals surface area contributed by atoms with E-state index in [1.54, 1.807) is 11.8 Å². The van der Waals surface area contributed by atoms with E-state index in [0.29, 0.717) is 25.5 Å². The molecule has 134 valence electrons. The molecule has 0 aliphatic rings. The van der Waals surface area contributed by atoms with E-state index in [0.717, 1.165) is 17.3 Å². The van der Waals surface area contributed by atoms with Crippen LogP contribution in [-0.2, 0) is 10.5 Å². The van der Waals surface area contributed by atoms with Crippen molar-refractivity contribution in [3.05, 3.63) is 59.7 Å². The van der Waals surface area contributed by atoms with Crippen LogP contribution in [0.15, 0.2) is 48.5 Å². The largest absolute Gasteiger partial charge is 0.494 e. The average Bonchev–Trinajstić information content (AvgIpc) is 2.62. The SMILES string of the molecule is CCOc1ccc(OCCNC(=O)CSCc2ccccc2C)cc1. The second-order valence-electron chi connectivity index (χ2n) is 5.52. The van der Waals surface area contributed by atoms with E-state index in [1.807, 2.05) is 43.3 Å². The van der Waals surface area contributed by atoms with Crippen LogP contribution >= 0.6 is 11.8 Å². The predicted molar refractivity (Wildman–Crippen MR) is 103 cm³/mol. The van der Waals surface area contributed by atoms with Gasteiger partial charge in [-0.1, -0.05) is 24.3 Å². The number of ether oxygens (including phenoxy) is 2. The molecule has 0 saturated heterocycles. The Kier molecular flexibility index (Phi) is 8.19. The van der Waals surface area contributed by atoms with Crippen LogP contribution in [-0.4, -0.2) is 31.4 Å². The van der Waals surface area contributed by atoms with Gasteiger partial charge in [0.05, 0.1) is 18.9 Å². The van der Waals surface area contributed by atoms with Crippen LogP contribution in [0.1, 0.15) is 18.1 Å². The maximum atomic E-state index is 11.8. The summed E-state index contributed by atoms with van der Waals surface area (Å²) in [4.78, 5) is 11.8. The van der Waals surface area contributed by atoms with Gasteiger partial charge in [-0.15, -0.1) is 11.8 Å². The Morgan fingerprint density at radius 3 is 2.40 bits per heavy atom. The van der Waals surface area contributed by atoms with E-state index in [4.69, 9.17) is 9.47 Å². The van der Waals surface area contributed by atoms with Gasteiger partial charge < -0.3 is 14.8 Å². The van der Waals surface area contributed by atoms with Gasteiger partial charge in [0.1, 0.15) is 18.1 Å². The summed E-state index contributed by atoms with van der Waals surface area (Å²) in [5.41, 5.74) is 2.54. The van der Waals surface area contributed by atoms with Crippen LogP contribution in [0.3, 0.4) is 0 Å². The number of amides is 1. The molecule has 5 heteroatoms. The van der Waals surface area contributed by atoms with Crippen LogP contribution in [0.4, 0.5) is 0 Å². The maximum Gasteiger partial charge on any atom is 0.230 e. The molecule has 2 aromatic carbocycles. The Labute approximate surface area is 153 Å². The van der Waals surface area contributed by atoms with Crippen molar-refractivity contribution in [2.24, 2.45) is 0 Å². The van der Waals surface area contributed by atoms with Gasteiger partial charge in [0.2, 0.25) is 5.91 Å². The van der Waals surface area contributed by atoms with Crippen molar-refractivity contribution in [2.45, 2.75) is 19.6 Å². The quantitative estimate of drug-likeness (QED) is 0.655. The summed E-state index contributed by atoms with van der Waals surface area (Å²) in [5, 5.41) is 2.88. The molecule has 0 fully saturated rings. The van der Waals surface area contributed by atoms with E-state index >= 15 is 0 Å². The number of hydrogen-bond donors (Lipinski definition) is 1. The molecule has 0 heterocycles. The van der Waals surface area contributed by atoms with Crippen molar-refractivity contribution in [3.8, 4) is 11.5 Å². The van der Waals surface area contributed by atoms with Crippen molar-refractivity contribution >= 4 is 17.7 Å². The first-order valence-electron chi connectivity index (χ1n) is 8.43. The fourth-order valence-electron chi connectivity index (χ4n) is 2.23. The number of aryl methyl sites for hydroxylation is 1. The Balaban J connectivity index is 1.58. The Morgan fingerprint density at radius 1 is 1.04 bits per heavy atom. The Morgan fingerprint density at radius 2 is 1.72 bits per heavy atom. The van der Waals surface area contributed by atoms with Crippen molar-refractivity contribution in [3.63, 3.8) is 0 Å². The van der Waals surface area contributed by atoms with Gasteiger partial charge >= 0.3 is 0 Å². The minimum Gasteiger partial charge on any atom is -0.494 e. The number of nitrogens with one attached hydrogen (secondary N) is 1. The first kappa shape index (κ1) is 19.2. The smallest absolute Gasteiger partial charge is 0.230 e. The Hall–Kier alpha value is -2.14. The lowest BCUT2D eigenvalue weighted by atomic mass is 10.1. The molecule has 25 heavy (non-hydrogen) atoms. The topological polar surface area (TPSA) is 47.6 Å². The molecule has 0 radical (unpaired) electrons. The molecule has 0 spiro atoms. The van der Waals surface area contributed by atoms with Gasteiger partial charge in [0.25, 0.3) is 0 Å². The zero-order valence-electron chi connectivity index (χ0n) is 14.8. The van der Waals surface area contributed by atoms with E-state index in [1.165, 1.54) is 11.1 Å². The summed E-state index contributed by atoms with van der Waals surface area (Å²) in [6, 6.07) is 15.7. The summed E-state index contributed by atoms with van der Waals surface area (Å²) in [7, 11) is 0. The van der Waals surface area contributed by atoms with E-state index < -0.39 is 0 Å². The first-order chi connectivity index (χ1) is 12.2. The summed E-state index contributed by atoms with van der Waals surface area (Å²) < 4.78 is 11.0. The molecule has 2 rings (SSSR count). The molecule has 0 aromatic heterocycles. The minimum atomic E-state index is 0.0360. The van der Waals surface area contributed by atoms with E-state index in [2.05, 4.69) is 24.4 Å². The number of thioether (sulfide) groups is 1. The van der Waals surface area contributed by atoms with Gasteiger partial charge in [-0.3, -0.25) is 4.79 Å². The van der Waals surface area contributed by atoms with Crippen molar-refractivity contribution < 1.29 is 14.3 Å². The van der Waals surface area contributed by atoms with Gasteiger partial charge in [-0.25, -0.2) is 0 Å². The van der Waals surface area contributed by atoms with Crippen LogP contribution in [0.2, 0.25) is 0 Å². The molecule has 2 aromatic rings. The minimum absolute atomic E-state index is 0.0360. The molecule has 0 aliphatic carbocycles. The molecule has 0 atom stereocenters. The van der Waals surface area contributed by atoms with E-state index in [-0.39, 0.29) is 5.91 Å². The normalized spacial score (nSPS) is 10.3. The molecule has 0 saturated carbocycles. The highest BCUT2D eigenvalue weighted by atomic mass is 32.2. The second kappa shape index (κ2) is 10.7. The first-order valence-corrected chi connectivity index (χ1v) is 9.59. The lowest BCUT2D eigenvalue weighted by Crippen LogP contribution is -2.29. The number of rotatable bonds is 10. The van der Waals surface area contributed by atoms with Crippen LogP contribution in [0, 0.1) is 6.92 Å². The van der Waals surface area contributed by atoms with Crippen molar-refractivity contribution in [1.82, 2.24) is 5.32 Å². The summed E-state index contributed by atoms with van der Waals surface area (Å²) in [6.45, 7) is 5.63. The molecule has 0 aliphatic heterocycles. The third-order valence-electron chi connectivity index (χ3n) is 3.58. The molecule has 1 N–H and O–H groups in total. The fourth-order valence-corrected chi connectivity index (χ4v) is 3.17. The van der Waals surface area contributed by atoms with Crippen molar-refractivity contribution in [2.75, 3.05) is 25.5 Å². The van der Waals surface area contributed by atoms with Gasteiger partial charge in [-0.05, 0) is 49.2 Å². The lowest BCUT2D eigenvalue weighted by Gasteiger charge is -2.09. The standard InChI is InChI=1S/C20H25NO3S/c1-3-23-18-8-10-19(11-9-18)24-13-12-21-20(22)15-25-14-17-7-5-4-6-16(17)2/h4-11H,3,12-15H2,1-2H3,(H,21,22). The highest BCUT2D eigenvalue weighted by molar-refractivity contribution is 7.99. The third-order valence-corrected chi connectivity index (χ3v) is 4.56. The third kappa shape index (κ3) is 7.10. The van der Waals surface area contributed by atoms with Crippen LogP contribution in [0.25, 0.3) is 0 Å². The fraction of sp³-hybridized carbons (Fsp3) is 0.350. The number of carbonyl (C=O) groups excluding carboxylic acids is 1. The average molecular weight is 359 g/mol. The van der Waals surface area contributed by atoms with Crippen molar-refractivity contribution in [1.29, 1.82) is 0 Å². The van der Waals surface area contributed by atoms with Gasteiger partial charge in [0.15, 0.2) is 0 Å². The zero-order valence-corrected chi connectivity index (χ0v) is 15.6. The molecule has 0 bridgehead atoms. The molecule has 4 nitrogen and oxygen atoms in total. The number of benzene rings is 2. The molecule has 0 unspecified atom stereocenters. The molecule has 1 amide bonds. The number of carbonyl (C=O) groups is 1. The van der Waals surface area contributed by atoms with E-state index in [9.17, 15) is 4.79 Å². The highest BCUT2D eigenvalue weighted by Crippen LogP contribution is 2.17. The Bertz CT molecular complexity index is 658. The second-order valence-corrected chi connectivity index (χ2v) is 6.51.